The summed E-state index contributed by atoms with van der Waals surface area (Å²) in [6.45, 7) is 2.03. The molecular weight excluding hydrogens is 328 g/mol. The Morgan fingerprint density at radius 1 is 0.885 bits per heavy atom. The van der Waals surface area contributed by atoms with Gasteiger partial charge in [-0.2, -0.15) is 0 Å². The van der Waals surface area contributed by atoms with Crippen LogP contribution < -0.4 is 0 Å². The van der Waals surface area contributed by atoms with Crippen molar-refractivity contribution in [3.63, 3.8) is 0 Å². The number of aryl methyl sites for hydroxylation is 1. The van der Waals surface area contributed by atoms with Crippen LogP contribution in [0.2, 0.25) is 0 Å². The highest BCUT2D eigenvalue weighted by Crippen LogP contribution is 2.35. The molecule has 2 aromatic rings. The first-order valence-corrected chi connectivity index (χ1v) is 9.71. The van der Waals surface area contributed by atoms with Gasteiger partial charge in [-0.25, -0.2) is 8.78 Å². The molecule has 1 saturated carbocycles. The molecule has 1 aliphatic rings. The molecule has 26 heavy (non-hydrogen) atoms. The lowest BCUT2D eigenvalue weighted by molar-refractivity contribution is 0.108. The molecule has 140 valence electrons. The zero-order chi connectivity index (χ0) is 18.4. The molecule has 3 rings (SSSR count). The third kappa shape index (κ3) is 5.38. The van der Waals surface area contributed by atoms with E-state index in [1.165, 1.54) is 11.1 Å². The number of hydrogen-bond donors (Lipinski definition) is 0. The molecule has 0 saturated heterocycles. The van der Waals surface area contributed by atoms with E-state index < -0.39 is 12.3 Å². The van der Waals surface area contributed by atoms with E-state index in [2.05, 4.69) is 60.5 Å². The van der Waals surface area contributed by atoms with E-state index in [4.69, 9.17) is 0 Å². The largest absolute Gasteiger partial charge is 0.302 e. The lowest BCUT2D eigenvalue weighted by atomic mass is 9.82. The maximum absolute atomic E-state index is 13.6. The molecule has 3 heteroatoms. The molecule has 3 atom stereocenters. The van der Waals surface area contributed by atoms with Crippen LogP contribution >= 0.6 is 0 Å². The van der Waals surface area contributed by atoms with Crippen LogP contribution in [0.3, 0.4) is 0 Å². The minimum atomic E-state index is -1.30. The van der Waals surface area contributed by atoms with Crippen molar-refractivity contribution in [3.8, 4) is 0 Å². The first kappa shape index (κ1) is 19.0. The molecular formula is C23H29F2N. The standard InChI is InChI=1S/C23H29F2N/c1-26(17-19-6-3-2-4-7-19)15-5-8-18-9-11-20(12-10-18)21-13-14-22(24)23(25)16-21/h2-4,6-7,9-12,21-23H,5,8,13-17H2,1H3. The van der Waals surface area contributed by atoms with Crippen molar-refractivity contribution in [3.05, 3.63) is 71.3 Å². The summed E-state index contributed by atoms with van der Waals surface area (Å²) in [5.41, 5.74) is 3.82. The van der Waals surface area contributed by atoms with Gasteiger partial charge >= 0.3 is 0 Å². The fourth-order valence-corrected chi connectivity index (χ4v) is 3.87. The summed E-state index contributed by atoms with van der Waals surface area (Å²) in [4.78, 5) is 2.35. The van der Waals surface area contributed by atoms with E-state index >= 15 is 0 Å². The van der Waals surface area contributed by atoms with Crippen LogP contribution in [0.5, 0.6) is 0 Å². The van der Waals surface area contributed by atoms with Crippen molar-refractivity contribution in [2.75, 3.05) is 13.6 Å². The molecule has 0 amide bonds. The summed E-state index contributed by atoms with van der Waals surface area (Å²) in [6, 6.07) is 19.1. The van der Waals surface area contributed by atoms with E-state index in [1.54, 1.807) is 0 Å². The van der Waals surface area contributed by atoms with Gasteiger partial charge in [0.05, 0.1) is 0 Å². The Bertz CT molecular complexity index is 656. The summed E-state index contributed by atoms with van der Waals surface area (Å²) in [5, 5.41) is 0. The predicted molar refractivity (Wildman–Crippen MR) is 104 cm³/mol. The van der Waals surface area contributed by atoms with Crippen molar-refractivity contribution in [1.82, 2.24) is 4.90 Å². The van der Waals surface area contributed by atoms with Crippen molar-refractivity contribution in [1.29, 1.82) is 0 Å². The number of rotatable bonds is 7. The number of hydrogen-bond acceptors (Lipinski definition) is 1. The first-order valence-electron chi connectivity index (χ1n) is 9.71. The minimum absolute atomic E-state index is 0.169. The van der Waals surface area contributed by atoms with E-state index in [0.29, 0.717) is 12.8 Å². The molecule has 0 N–H and O–H groups in total. The Kier molecular flexibility index (Phi) is 6.79. The molecule has 0 heterocycles. The molecule has 0 aliphatic heterocycles. The van der Waals surface area contributed by atoms with Gasteiger partial charge in [-0.15, -0.1) is 0 Å². The summed E-state index contributed by atoms with van der Waals surface area (Å²) >= 11 is 0. The maximum atomic E-state index is 13.6. The van der Waals surface area contributed by atoms with Crippen LogP contribution in [0, 0.1) is 0 Å². The van der Waals surface area contributed by atoms with E-state index in [1.807, 2.05) is 6.07 Å². The van der Waals surface area contributed by atoms with E-state index in [0.717, 1.165) is 37.9 Å². The van der Waals surface area contributed by atoms with E-state index in [-0.39, 0.29) is 5.92 Å². The van der Waals surface area contributed by atoms with Gasteiger partial charge in [-0.3, -0.25) is 0 Å². The summed E-state index contributed by atoms with van der Waals surface area (Å²) in [5.74, 6) is 0.169. The highest BCUT2D eigenvalue weighted by molar-refractivity contribution is 5.26. The number of benzene rings is 2. The van der Waals surface area contributed by atoms with Gasteiger partial charge in [0.25, 0.3) is 0 Å². The second-order valence-electron chi connectivity index (χ2n) is 7.61. The molecule has 1 aliphatic carbocycles. The Hall–Kier alpha value is -1.74. The third-order valence-corrected chi connectivity index (χ3v) is 5.44. The molecule has 2 aromatic carbocycles. The van der Waals surface area contributed by atoms with Crippen LogP contribution in [0.4, 0.5) is 8.78 Å². The predicted octanol–water partition coefficient (Wildman–Crippen LogP) is 5.69. The smallest absolute Gasteiger partial charge is 0.132 e. The molecule has 1 fully saturated rings. The Balaban J connectivity index is 1.43. The molecule has 0 aromatic heterocycles. The topological polar surface area (TPSA) is 3.24 Å². The summed E-state index contributed by atoms with van der Waals surface area (Å²) in [6.07, 6.45) is 1.02. The van der Waals surface area contributed by atoms with Crippen molar-refractivity contribution >= 4 is 0 Å². The monoisotopic (exact) mass is 357 g/mol. The van der Waals surface area contributed by atoms with Crippen molar-refractivity contribution in [2.45, 2.75) is 56.9 Å². The van der Waals surface area contributed by atoms with Crippen LogP contribution in [0.15, 0.2) is 54.6 Å². The number of alkyl halides is 2. The normalized spacial score (nSPS) is 23.3. The highest BCUT2D eigenvalue weighted by Gasteiger charge is 2.30. The SMILES string of the molecule is CN(CCCc1ccc(C2CCC(F)C(F)C2)cc1)Cc1ccccc1. The number of halogens is 2. The van der Waals surface area contributed by atoms with Gasteiger partial charge in [0, 0.05) is 6.54 Å². The minimum Gasteiger partial charge on any atom is -0.302 e. The van der Waals surface area contributed by atoms with Crippen LogP contribution in [-0.4, -0.2) is 30.8 Å². The highest BCUT2D eigenvalue weighted by atomic mass is 19.2. The van der Waals surface area contributed by atoms with Gasteiger partial charge in [-0.05, 0) is 68.3 Å². The van der Waals surface area contributed by atoms with Gasteiger partial charge in [-0.1, -0.05) is 54.6 Å². The molecule has 1 nitrogen and oxygen atoms in total. The quantitative estimate of drug-likeness (QED) is 0.615. The van der Waals surface area contributed by atoms with Crippen molar-refractivity contribution < 1.29 is 8.78 Å². The fourth-order valence-electron chi connectivity index (χ4n) is 3.87. The second kappa shape index (κ2) is 9.27. The van der Waals surface area contributed by atoms with Crippen LogP contribution in [0.1, 0.15) is 48.3 Å². The van der Waals surface area contributed by atoms with E-state index in [9.17, 15) is 8.78 Å². The van der Waals surface area contributed by atoms with Crippen molar-refractivity contribution in [2.24, 2.45) is 0 Å². The molecule has 0 bridgehead atoms. The number of nitrogens with zero attached hydrogens (tertiary/aromatic N) is 1. The Morgan fingerprint density at radius 3 is 2.31 bits per heavy atom. The summed E-state index contributed by atoms with van der Waals surface area (Å²) < 4.78 is 26.9. The van der Waals surface area contributed by atoms with Gasteiger partial charge < -0.3 is 4.90 Å². The average molecular weight is 357 g/mol. The average Bonchev–Trinajstić information content (AvgIpc) is 2.65. The first-order chi connectivity index (χ1) is 12.6. The fraction of sp³-hybridized carbons (Fsp3) is 0.478. The lowest BCUT2D eigenvalue weighted by Crippen LogP contribution is -2.26. The van der Waals surface area contributed by atoms with Gasteiger partial charge in [0.2, 0.25) is 0 Å². The van der Waals surface area contributed by atoms with Crippen LogP contribution in [-0.2, 0) is 13.0 Å². The maximum Gasteiger partial charge on any atom is 0.132 e. The molecule has 3 unspecified atom stereocenters. The molecule has 0 radical (unpaired) electrons. The zero-order valence-corrected chi connectivity index (χ0v) is 15.6. The molecule has 0 spiro atoms. The zero-order valence-electron chi connectivity index (χ0n) is 15.6. The summed E-state index contributed by atoms with van der Waals surface area (Å²) in [7, 11) is 2.16. The van der Waals surface area contributed by atoms with Gasteiger partial charge in [0.1, 0.15) is 12.3 Å². The lowest BCUT2D eigenvalue weighted by Gasteiger charge is -2.27. The third-order valence-electron chi connectivity index (χ3n) is 5.44. The Morgan fingerprint density at radius 2 is 1.62 bits per heavy atom. The van der Waals surface area contributed by atoms with Crippen LogP contribution in [0.25, 0.3) is 0 Å². The second-order valence-corrected chi connectivity index (χ2v) is 7.61. The van der Waals surface area contributed by atoms with Gasteiger partial charge in [0.15, 0.2) is 0 Å². The Labute approximate surface area is 156 Å².